The number of carboxylic acid groups (broad SMARTS) is 1. The number of aliphatic carboxylic acids is 1. The number of aromatic nitrogens is 2. The van der Waals surface area contributed by atoms with Crippen LogP contribution in [0.25, 0.3) is 0 Å². The van der Waals surface area contributed by atoms with Gasteiger partial charge in [-0.25, -0.2) is 0 Å². The first-order valence-corrected chi connectivity index (χ1v) is 7.01. The van der Waals surface area contributed by atoms with Crippen molar-refractivity contribution in [2.75, 3.05) is 6.54 Å². The second-order valence-corrected chi connectivity index (χ2v) is 4.73. The molecule has 0 saturated heterocycles. The van der Waals surface area contributed by atoms with Crippen molar-refractivity contribution >= 4 is 11.9 Å². The van der Waals surface area contributed by atoms with Crippen LogP contribution in [-0.2, 0) is 35.9 Å². The molecule has 112 valence electrons. The van der Waals surface area contributed by atoms with E-state index >= 15 is 0 Å². The first-order valence-electron chi connectivity index (χ1n) is 7.01. The van der Waals surface area contributed by atoms with Crippen molar-refractivity contribution in [1.82, 2.24) is 15.1 Å². The van der Waals surface area contributed by atoms with E-state index in [1.807, 2.05) is 25.6 Å². The third-order valence-corrected chi connectivity index (χ3v) is 3.25. The summed E-state index contributed by atoms with van der Waals surface area (Å²) in [7, 11) is 1.90. The molecule has 1 aromatic rings. The number of carboxylic acids is 1. The van der Waals surface area contributed by atoms with E-state index in [0.29, 0.717) is 19.4 Å². The van der Waals surface area contributed by atoms with Gasteiger partial charge in [0.25, 0.3) is 0 Å². The van der Waals surface area contributed by atoms with Crippen LogP contribution >= 0.6 is 0 Å². The number of carbonyl (C=O) groups is 2. The topological polar surface area (TPSA) is 84.2 Å². The summed E-state index contributed by atoms with van der Waals surface area (Å²) in [5, 5.41) is 15.7. The Labute approximate surface area is 119 Å². The van der Waals surface area contributed by atoms with Crippen molar-refractivity contribution in [2.24, 2.45) is 7.05 Å². The summed E-state index contributed by atoms with van der Waals surface area (Å²) in [6.07, 6.45) is 2.48. The second kappa shape index (κ2) is 7.67. The van der Waals surface area contributed by atoms with E-state index in [4.69, 9.17) is 5.11 Å². The van der Waals surface area contributed by atoms with E-state index in [1.54, 1.807) is 0 Å². The lowest BCUT2D eigenvalue weighted by atomic mass is 10.1. The fraction of sp³-hybridized carbons (Fsp3) is 0.643. The van der Waals surface area contributed by atoms with Crippen LogP contribution in [0.1, 0.15) is 43.6 Å². The number of nitrogens with zero attached hydrogens (tertiary/aromatic N) is 2. The number of rotatable bonds is 8. The van der Waals surface area contributed by atoms with Crippen LogP contribution in [-0.4, -0.2) is 33.3 Å². The molecule has 6 nitrogen and oxygen atoms in total. The van der Waals surface area contributed by atoms with Gasteiger partial charge >= 0.3 is 5.97 Å². The van der Waals surface area contributed by atoms with Crippen LogP contribution in [0.5, 0.6) is 0 Å². The maximum Gasteiger partial charge on any atom is 0.303 e. The molecule has 0 radical (unpaired) electrons. The van der Waals surface area contributed by atoms with Gasteiger partial charge in [-0.1, -0.05) is 13.8 Å². The Hall–Kier alpha value is -1.85. The molecule has 1 heterocycles. The number of nitrogens with one attached hydrogen (secondary N) is 1. The molecule has 0 spiro atoms. The lowest BCUT2D eigenvalue weighted by molar-refractivity contribution is -0.137. The van der Waals surface area contributed by atoms with E-state index in [9.17, 15) is 9.59 Å². The lowest BCUT2D eigenvalue weighted by Gasteiger charge is -2.06. The molecule has 0 saturated carbocycles. The first-order chi connectivity index (χ1) is 9.49. The van der Waals surface area contributed by atoms with Gasteiger partial charge in [-0.3, -0.25) is 14.3 Å². The predicted molar refractivity (Wildman–Crippen MR) is 75.5 cm³/mol. The van der Waals surface area contributed by atoms with Crippen LogP contribution < -0.4 is 5.32 Å². The minimum Gasteiger partial charge on any atom is -0.481 e. The SMILES string of the molecule is CCc1nn(C)c(CC)c1CC(=O)NCCCC(=O)O. The molecule has 0 bridgehead atoms. The minimum atomic E-state index is -0.840. The summed E-state index contributed by atoms with van der Waals surface area (Å²) < 4.78 is 1.84. The number of hydrogen-bond acceptors (Lipinski definition) is 3. The fourth-order valence-electron chi connectivity index (χ4n) is 2.28. The largest absolute Gasteiger partial charge is 0.481 e. The summed E-state index contributed by atoms with van der Waals surface area (Å²) in [6, 6.07) is 0. The summed E-state index contributed by atoms with van der Waals surface area (Å²) >= 11 is 0. The van der Waals surface area contributed by atoms with Gasteiger partial charge in [0.05, 0.1) is 12.1 Å². The van der Waals surface area contributed by atoms with Crippen molar-refractivity contribution in [3.05, 3.63) is 17.0 Å². The summed E-state index contributed by atoms with van der Waals surface area (Å²) in [6.45, 7) is 4.47. The third kappa shape index (κ3) is 4.36. The highest BCUT2D eigenvalue weighted by Crippen LogP contribution is 2.16. The van der Waals surface area contributed by atoms with Crippen LogP contribution in [0.3, 0.4) is 0 Å². The zero-order valence-electron chi connectivity index (χ0n) is 12.4. The van der Waals surface area contributed by atoms with Gasteiger partial charge < -0.3 is 10.4 Å². The van der Waals surface area contributed by atoms with E-state index in [-0.39, 0.29) is 12.3 Å². The smallest absolute Gasteiger partial charge is 0.303 e. The molecule has 0 unspecified atom stereocenters. The Bertz CT molecular complexity index is 480. The molecule has 1 aromatic heterocycles. The molecule has 0 aliphatic rings. The average molecular weight is 281 g/mol. The van der Waals surface area contributed by atoms with Gasteiger partial charge in [0.15, 0.2) is 0 Å². The van der Waals surface area contributed by atoms with Gasteiger partial charge in [0.2, 0.25) is 5.91 Å². The van der Waals surface area contributed by atoms with Crippen molar-refractivity contribution in [3.8, 4) is 0 Å². The van der Waals surface area contributed by atoms with Crippen LogP contribution in [0, 0.1) is 0 Å². The van der Waals surface area contributed by atoms with E-state index in [0.717, 1.165) is 29.8 Å². The molecule has 0 aliphatic carbocycles. The molecular weight excluding hydrogens is 258 g/mol. The summed E-state index contributed by atoms with van der Waals surface area (Å²) in [5.41, 5.74) is 3.06. The lowest BCUT2D eigenvalue weighted by Crippen LogP contribution is -2.27. The van der Waals surface area contributed by atoms with Crippen LogP contribution in [0.4, 0.5) is 0 Å². The summed E-state index contributed by atoms with van der Waals surface area (Å²) in [4.78, 5) is 22.3. The normalized spacial score (nSPS) is 10.6. The van der Waals surface area contributed by atoms with Gasteiger partial charge in [-0.2, -0.15) is 5.10 Å². The van der Waals surface area contributed by atoms with Gasteiger partial charge in [0.1, 0.15) is 0 Å². The highest BCUT2D eigenvalue weighted by atomic mass is 16.4. The molecular formula is C14H23N3O3. The van der Waals surface area contributed by atoms with E-state index < -0.39 is 5.97 Å². The van der Waals surface area contributed by atoms with Crippen molar-refractivity contribution in [2.45, 2.75) is 46.0 Å². The van der Waals surface area contributed by atoms with E-state index in [1.165, 1.54) is 0 Å². The molecule has 2 N–H and O–H groups in total. The average Bonchev–Trinajstić information content (AvgIpc) is 2.70. The predicted octanol–water partition coefficient (Wildman–Crippen LogP) is 1.07. The zero-order valence-corrected chi connectivity index (χ0v) is 12.4. The number of hydrogen-bond donors (Lipinski definition) is 2. The summed E-state index contributed by atoms with van der Waals surface area (Å²) in [5.74, 6) is -0.916. The second-order valence-electron chi connectivity index (χ2n) is 4.73. The highest BCUT2D eigenvalue weighted by Gasteiger charge is 2.16. The standard InChI is InChI=1S/C14H23N3O3/c1-4-11-10(12(5-2)17(3)16-11)9-13(18)15-8-6-7-14(19)20/h4-9H2,1-3H3,(H,15,18)(H,19,20). The third-order valence-electron chi connectivity index (χ3n) is 3.25. The monoisotopic (exact) mass is 281 g/mol. The number of aryl methyl sites for hydroxylation is 2. The Morgan fingerprint density at radius 1 is 1.30 bits per heavy atom. The Balaban J connectivity index is 2.59. The molecule has 1 amide bonds. The minimum absolute atomic E-state index is 0.0761. The first kappa shape index (κ1) is 16.2. The van der Waals surface area contributed by atoms with E-state index in [2.05, 4.69) is 10.4 Å². The quantitative estimate of drug-likeness (QED) is 0.698. The van der Waals surface area contributed by atoms with Crippen molar-refractivity contribution in [1.29, 1.82) is 0 Å². The molecule has 1 rings (SSSR count). The molecule has 6 heteroatoms. The molecule has 20 heavy (non-hydrogen) atoms. The Kier molecular flexibility index (Phi) is 6.21. The molecule has 0 aromatic carbocycles. The number of carbonyl (C=O) groups excluding carboxylic acids is 1. The molecule has 0 fully saturated rings. The Morgan fingerprint density at radius 2 is 2.00 bits per heavy atom. The zero-order chi connectivity index (χ0) is 15.1. The molecule has 0 aliphatic heterocycles. The van der Waals surface area contributed by atoms with Crippen molar-refractivity contribution < 1.29 is 14.7 Å². The van der Waals surface area contributed by atoms with Gasteiger partial charge in [-0.05, 0) is 19.3 Å². The number of amides is 1. The Morgan fingerprint density at radius 3 is 2.55 bits per heavy atom. The van der Waals surface area contributed by atoms with Crippen LogP contribution in [0.15, 0.2) is 0 Å². The van der Waals surface area contributed by atoms with Crippen molar-refractivity contribution in [3.63, 3.8) is 0 Å². The molecule has 0 atom stereocenters. The fourth-order valence-corrected chi connectivity index (χ4v) is 2.28. The van der Waals surface area contributed by atoms with Gasteiger partial charge in [-0.15, -0.1) is 0 Å². The highest BCUT2D eigenvalue weighted by molar-refractivity contribution is 5.79. The maximum absolute atomic E-state index is 11.9. The van der Waals surface area contributed by atoms with Gasteiger partial charge in [0, 0.05) is 31.3 Å². The maximum atomic E-state index is 11.9. The van der Waals surface area contributed by atoms with Crippen LogP contribution in [0.2, 0.25) is 0 Å².